The van der Waals surface area contributed by atoms with Gasteiger partial charge in [-0.3, -0.25) is 0 Å². The van der Waals surface area contributed by atoms with Crippen LogP contribution in [0.2, 0.25) is 0 Å². The molecule has 0 saturated carbocycles. The zero-order chi connectivity index (χ0) is 10.9. The minimum absolute atomic E-state index is 0.0232. The number of hydrogen-bond acceptors (Lipinski definition) is 4. The van der Waals surface area contributed by atoms with E-state index in [0.717, 1.165) is 0 Å². The van der Waals surface area contributed by atoms with Gasteiger partial charge in [0.05, 0.1) is 0 Å². The van der Waals surface area contributed by atoms with Gasteiger partial charge in [-0.05, 0) is 16.7 Å². The third-order valence-electron chi connectivity index (χ3n) is 2.00. The SMILES string of the molecule is CC(C)(C)c1cc(O)c(N=O)cc1O. The highest BCUT2D eigenvalue weighted by Gasteiger charge is 2.20. The molecule has 14 heavy (non-hydrogen) atoms. The summed E-state index contributed by atoms with van der Waals surface area (Å²) < 4.78 is 0. The summed E-state index contributed by atoms with van der Waals surface area (Å²) in [5, 5.41) is 21.5. The molecular weight excluding hydrogens is 182 g/mol. The number of phenolic OH excluding ortho intramolecular Hbond substituents is 2. The first-order chi connectivity index (χ1) is 6.36. The van der Waals surface area contributed by atoms with E-state index in [-0.39, 0.29) is 22.6 Å². The van der Waals surface area contributed by atoms with E-state index < -0.39 is 0 Å². The highest BCUT2D eigenvalue weighted by molar-refractivity contribution is 5.58. The van der Waals surface area contributed by atoms with Crippen molar-refractivity contribution in [1.82, 2.24) is 0 Å². The van der Waals surface area contributed by atoms with E-state index in [1.807, 2.05) is 20.8 Å². The molecule has 0 bridgehead atoms. The standard InChI is InChI=1S/C10H13NO3/c1-10(2,3)6-4-9(13)7(11-14)5-8(6)12/h4-5,12-13H,1-3H3. The Bertz CT molecular complexity index is 366. The predicted octanol–water partition coefficient (Wildman–Crippen LogP) is 2.79. The molecule has 0 heterocycles. The minimum Gasteiger partial charge on any atom is -0.508 e. The lowest BCUT2D eigenvalue weighted by atomic mass is 9.86. The fourth-order valence-corrected chi connectivity index (χ4v) is 1.24. The number of nitroso groups, excluding NO2 is 1. The van der Waals surface area contributed by atoms with Crippen LogP contribution in [0.5, 0.6) is 11.5 Å². The van der Waals surface area contributed by atoms with Crippen LogP contribution in [0.4, 0.5) is 5.69 Å². The maximum Gasteiger partial charge on any atom is 0.153 e. The molecule has 4 heteroatoms. The van der Waals surface area contributed by atoms with Crippen LogP contribution < -0.4 is 0 Å². The fourth-order valence-electron chi connectivity index (χ4n) is 1.24. The monoisotopic (exact) mass is 195 g/mol. The van der Waals surface area contributed by atoms with E-state index in [1.165, 1.54) is 12.1 Å². The second-order valence-corrected chi connectivity index (χ2v) is 4.20. The third kappa shape index (κ3) is 1.84. The van der Waals surface area contributed by atoms with Crippen molar-refractivity contribution in [2.24, 2.45) is 5.18 Å². The summed E-state index contributed by atoms with van der Waals surface area (Å²) in [5.74, 6) is -0.229. The van der Waals surface area contributed by atoms with Crippen LogP contribution in [0.15, 0.2) is 17.3 Å². The topological polar surface area (TPSA) is 69.9 Å². The molecule has 1 aromatic rings. The van der Waals surface area contributed by atoms with E-state index >= 15 is 0 Å². The van der Waals surface area contributed by atoms with Gasteiger partial charge >= 0.3 is 0 Å². The van der Waals surface area contributed by atoms with Gasteiger partial charge in [0, 0.05) is 11.6 Å². The summed E-state index contributed by atoms with van der Waals surface area (Å²) in [4.78, 5) is 10.2. The van der Waals surface area contributed by atoms with Gasteiger partial charge in [-0.1, -0.05) is 20.8 Å². The van der Waals surface area contributed by atoms with Crippen molar-refractivity contribution in [2.45, 2.75) is 26.2 Å². The van der Waals surface area contributed by atoms with Crippen LogP contribution in [0.3, 0.4) is 0 Å². The largest absolute Gasteiger partial charge is 0.508 e. The molecule has 0 spiro atoms. The normalized spacial score (nSPS) is 11.4. The Kier molecular flexibility index (Phi) is 2.47. The molecule has 0 atom stereocenters. The number of phenols is 2. The van der Waals surface area contributed by atoms with Crippen molar-refractivity contribution in [3.8, 4) is 11.5 Å². The zero-order valence-corrected chi connectivity index (χ0v) is 8.40. The van der Waals surface area contributed by atoms with Gasteiger partial charge in [0.2, 0.25) is 0 Å². The van der Waals surface area contributed by atoms with Gasteiger partial charge in [-0.15, -0.1) is 4.91 Å². The minimum atomic E-state index is -0.289. The first-order valence-corrected chi connectivity index (χ1v) is 4.26. The molecule has 2 N–H and O–H groups in total. The smallest absolute Gasteiger partial charge is 0.153 e. The Morgan fingerprint density at radius 3 is 2.14 bits per heavy atom. The molecule has 0 amide bonds. The summed E-state index contributed by atoms with van der Waals surface area (Å²) in [6.07, 6.45) is 0. The lowest BCUT2D eigenvalue weighted by molar-refractivity contribution is 0.436. The number of nitrogens with zero attached hydrogens (tertiary/aromatic N) is 1. The molecule has 0 aliphatic rings. The quantitative estimate of drug-likeness (QED) is 0.534. The van der Waals surface area contributed by atoms with Crippen LogP contribution in [0.25, 0.3) is 0 Å². The zero-order valence-electron chi connectivity index (χ0n) is 8.40. The van der Waals surface area contributed by atoms with E-state index in [0.29, 0.717) is 5.56 Å². The van der Waals surface area contributed by atoms with Crippen LogP contribution in [-0.4, -0.2) is 10.2 Å². The van der Waals surface area contributed by atoms with Crippen LogP contribution in [0, 0.1) is 4.91 Å². The van der Waals surface area contributed by atoms with Crippen LogP contribution >= 0.6 is 0 Å². The van der Waals surface area contributed by atoms with Crippen molar-refractivity contribution in [3.05, 3.63) is 22.6 Å². The molecule has 76 valence electrons. The molecule has 0 radical (unpaired) electrons. The van der Waals surface area contributed by atoms with Crippen LogP contribution in [0.1, 0.15) is 26.3 Å². The molecule has 0 unspecified atom stereocenters. The summed E-state index contributed by atoms with van der Waals surface area (Å²) in [7, 11) is 0. The number of benzene rings is 1. The Balaban J connectivity index is 3.36. The lowest BCUT2D eigenvalue weighted by Gasteiger charge is -2.20. The maximum absolute atomic E-state index is 10.2. The van der Waals surface area contributed by atoms with Crippen molar-refractivity contribution in [1.29, 1.82) is 0 Å². The molecule has 1 rings (SSSR count). The molecule has 4 nitrogen and oxygen atoms in total. The second-order valence-electron chi connectivity index (χ2n) is 4.20. The third-order valence-corrected chi connectivity index (χ3v) is 2.00. The van der Waals surface area contributed by atoms with Crippen molar-refractivity contribution < 1.29 is 10.2 Å². The van der Waals surface area contributed by atoms with Crippen LogP contribution in [-0.2, 0) is 5.41 Å². The van der Waals surface area contributed by atoms with Gasteiger partial charge in [0.1, 0.15) is 11.5 Å². The molecule has 0 saturated heterocycles. The maximum atomic E-state index is 10.2. The van der Waals surface area contributed by atoms with Gasteiger partial charge in [0.25, 0.3) is 0 Å². The lowest BCUT2D eigenvalue weighted by Crippen LogP contribution is -2.10. The van der Waals surface area contributed by atoms with Crippen molar-refractivity contribution in [2.75, 3.05) is 0 Å². The first-order valence-electron chi connectivity index (χ1n) is 4.26. The predicted molar refractivity (Wildman–Crippen MR) is 53.9 cm³/mol. The molecule has 0 aromatic heterocycles. The van der Waals surface area contributed by atoms with Crippen molar-refractivity contribution >= 4 is 5.69 Å². The molecular formula is C10H13NO3. The van der Waals surface area contributed by atoms with E-state index in [9.17, 15) is 15.1 Å². The van der Waals surface area contributed by atoms with Gasteiger partial charge < -0.3 is 10.2 Å². The highest BCUT2D eigenvalue weighted by Crippen LogP contribution is 2.38. The number of aromatic hydroxyl groups is 2. The average Bonchev–Trinajstić information content (AvgIpc) is 2.06. The summed E-state index contributed by atoms with van der Waals surface area (Å²) in [6, 6.07) is 2.54. The highest BCUT2D eigenvalue weighted by atomic mass is 16.3. The van der Waals surface area contributed by atoms with E-state index in [4.69, 9.17) is 0 Å². The molecule has 0 aliphatic heterocycles. The summed E-state index contributed by atoms with van der Waals surface area (Å²) in [6.45, 7) is 5.69. The first kappa shape index (κ1) is 10.5. The second kappa shape index (κ2) is 3.29. The Morgan fingerprint density at radius 2 is 1.71 bits per heavy atom. The molecule has 0 aliphatic carbocycles. The Labute approximate surface area is 82.2 Å². The average molecular weight is 195 g/mol. The van der Waals surface area contributed by atoms with E-state index in [2.05, 4.69) is 5.18 Å². The fraction of sp³-hybridized carbons (Fsp3) is 0.400. The van der Waals surface area contributed by atoms with Gasteiger partial charge in [-0.2, -0.15) is 0 Å². The molecule has 0 fully saturated rings. The number of hydrogen-bond donors (Lipinski definition) is 2. The summed E-state index contributed by atoms with van der Waals surface area (Å²) >= 11 is 0. The summed E-state index contributed by atoms with van der Waals surface area (Å²) in [5.41, 5.74) is 0.154. The van der Waals surface area contributed by atoms with Gasteiger partial charge in [-0.25, -0.2) is 0 Å². The van der Waals surface area contributed by atoms with E-state index in [1.54, 1.807) is 0 Å². The van der Waals surface area contributed by atoms with Crippen molar-refractivity contribution in [3.63, 3.8) is 0 Å². The number of rotatable bonds is 1. The Hall–Kier alpha value is -1.58. The Morgan fingerprint density at radius 1 is 1.14 bits per heavy atom. The molecule has 1 aromatic carbocycles. The van der Waals surface area contributed by atoms with Gasteiger partial charge in [0.15, 0.2) is 5.69 Å².